The van der Waals surface area contributed by atoms with Gasteiger partial charge in [0.2, 0.25) is 0 Å². The summed E-state index contributed by atoms with van der Waals surface area (Å²) in [5.74, 6) is 1.80. The minimum absolute atomic E-state index is 0.00259. The van der Waals surface area contributed by atoms with Gasteiger partial charge in [0.05, 0.1) is 5.69 Å². The van der Waals surface area contributed by atoms with Gasteiger partial charge in [-0.2, -0.15) is 0 Å². The van der Waals surface area contributed by atoms with Crippen LogP contribution < -0.4 is 5.56 Å². The number of hydrogen-bond acceptors (Lipinski definition) is 2. The molecule has 3 heteroatoms. The third-order valence-electron chi connectivity index (χ3n) is 2.86. The van der Waals surface area contributed by atoms with Crippen molar-refractivity contribution < 1.29 is 0 Å². The zero-order chi connectivity index (χ0) is 10.1. The summed E-state index contributed by atoms with van der Waals surface area (Å²) in [5, 5.41) is 0. The lowest BCUT2D eigenvalue weighted by molar-refractivity contribution is 0.690. The maximum atomic E-state index is 11.4. The molecule has 0 spiro atoms. The summed E-state index contributed by atoms with van der Waals surface area (Å²) in [7, 11) is 0. The molecule has 3 nitrogen and oxygen atoms in total. The van der Waals surface area contributed by atoms with Crippen LogP contribution in [0.4, 0.5) is 0 Å². The molecule has 0 saturated heterocycles. The molecule has 0 aliphatic heterocycles. The molecule has 76 valence electrons. The summed E-state index contributed by atoms with van der Waals surface area (Å²) >= 11 is 0. The molecule has 1 aromatic heterocycles. The van der Waals surface area contributed by atoms with E-state index in [1.165, 1.54) is 12.8 Å². The number of nitrogens with one attached hydrogen (secondary N) is 1. The number of H-pyrrole nitrogens is 1. The molecule has 0 bridgehead atoms. The largest absolute Gasteiger partial charge is 0.310 e. The molecular formula is C11H16N2O. The van der Waals surface area contributed by atoms with Crippen molar-refractivity contribution in [1.82, 2.24) is 9.97 Å². The van der Waals surface area contributed by atoms with Gasteiger partial charge < -0.3 is 4.98 Å². The highest BCUT2D eigenvalue weighted by Gasteiger charge is 2.26. The monoisotopic (exact) mass is 192 g/mol. The zero-order valence-electron chi connectivity index (χ0n) is 8.71. The van der Waals surface area contributed by atoms with Gasteiger partial charge in [0.1, 0.15) is 5.82 Å². The van der Waals surface area contributed by atoms with E-state index in [4.69, 9.17) is 0 Å². The highest BCUT2D eigenvalue weighted by atomic mass is 16.1. The number of hydrogen-bond donors (Lipinski definition) is 1. The third-order valence-corrected chi connectivity index (χ3v) is 2.86. The molecule has 14 heavy (non-hydrogen) atoms. The molecule has 1 aliphatic carbocycles. The van der Waals surface area contributed by atoms with E-state index < -0.39 is 0 Å². The van der Waals surface area contributed by atoms with E-state index in [2.05, 4.69) is 23.8 Å². The zero-order valence-corrected chi connectivity index (χ0v) is 8.71. The van der Waals surface area contributed by atoms with Gasteiger partial charge in [-0.1, -0.05) is 13.8 Å². The highest BCUT2D eigenvalue weighted by molar-refractivity contribution is 5.12. The molecule has 1 unspecified atom stereocenters. The summed E-state index contributed by atoms with van der Waals surface area (Å²) in [6.45, 7) is 4.22. The fourth-order valence-corrected chi connectivity index (χ4v) is 1.51. The van der Waals surface area contributed by atoms with E-state index in [9.17, 15) is 4.79 Å². The average Bonchev–Trinajstić information content (AvgIpc) is 2.98. The standard InChI is InChI=1S/C11H16N2O/c1-3-7(2)9-6-10(14)13-11(12-9)8-4-5-8/h6-8H,3-5H2,1-2H3,(H,12,13,14). The van der Waals surface area contributed by atoms with Gasteiger partial charge in [0, 0.05) is 12.0 Å². The summed E-state index contributed by atoms with van der Waals surface area (Å²) in [4.78, 5) is 18.7. The Morgan fingerprint density at radius 3 is 2.93 bits per heavy atom. The Hall–Kier alpha value is -1.12. The molecule has 1 atom stereocenters. The molecule has 1 aromatic rings. The van der Waals surface area contributed by atoms with E-state index in [1.54, 1.807) is 6.07 Å². The summed E-state index contributed by atoms with van der Waals surface area (Å²) in [6.07, 6.45) is 3.38. The lowest BCUT2D eigenvalue weighted by Crippen LogP contribution is -2.13. The third kappa shape index (κ3) is 1.86. The maximum Gasteiger partial charge on any atom is 0.251 e. The van der Waals surface area contributed by atoms with Gasteiger partial charge >= 0.3 is 0 Å². The van der Waals surface area contributed by atoms with Crippen LogP contribution in [0.5, 0.6) is 0 Å². The van der Waals surface area contributed by atoms with Gasteiger partial charge in [-0.25, -0.2) is 4.98 Å². The number of aromatic amines is 1. The second-order valence-corrected chi connectivity index (χ2v) is 4.14. The topological polar surface area (TPSA) is 45.8 Å². The van der Waals surface area contributed by atoms with Crippen molar-refractivity contribution in [2.45, 2.75) is 44.9 Å². The van der Waals surface area contributed by atoms with Crippen LogP contribution in [0, 0.1) is 0 Å². The quantitative estimate of drug-likeness (QED) is 0.797. The van der Waals surface area contributed by atoms with Crippen molar-refractivity contribution in [3.8, 4) is 0 Å². The first-order valence-corrected chi connectivity index (χ1v) is 5.32. The summed E-state index contributed by atoms with van der Waals surface area (Å²) < 4.78 is 0. The van der Waals surface area contributed by atoms with Crippen molar-refractivity contribution in [2.24, 2.45) is 0 Å². The van der Waals surface area contributed by atoms with Crippen LogP contribution in [0.2, 0.25) is 0 Å². The van der Waals surface area contributed by atoms with Gasteiger partial charge in [0.25, 0.3) is 5.56 Å². The van der Waals surface area contributed by atoms with Crippen molar-refractivity contribution in [3.05, 3.63) is 27.9 Å². The molecule has 2 rings (SSSR count). The van der Waals surface area contributed by atoms with E-state index >= 15 is 0 Å². The van der Waals surface area contributed by atoms with Crippen LogP contribution in [-0.2, 0) is 0 Å². The van der Waals surface area contributed by atoms with E-state index in [0.717, 1.165) is 17.9 Å². The first kappa shape index (κ1) is 9.44. The molecule has 0 amide bonds. The molecule has 0 radical (unpaired) electrons. The van der Waals surface area contributed by atoms with E-state index in [0.29, 0.717) is 11.8 Å². The number of nitrogens with zero attached hydrogens (tertiary/aromatic N) is 1. The molecule has 1 aliphatic rings. The minimum atomic E-state index is -0.00259. The lowest BCUT2D eigenvalue weighted by Gasteiger charge is -2.08. The highest BCUT2D eigenvalue weighted by Crippen LogP contribution is 2.37. The van der Waals surface area contributed by atoms with Crippen LogP contribution >= 0.6 is 0 Å². The molecule has 1 heterocycles. The van der Waals surface area contributed by atoms with Crippen LogP contribution in [0.3, 0.4) is 0 Å². The average molecular weight is 192 g/mol. The van der Waals surface area contributed by atoms with Crippen LogP contribution in [0.25, 0.3) is 0 Å². The first-order valence-electron chi connectivity index (χ1n) is 5.32. The predicted molar refractivity (Wildman–Crippen MR) is 55.5 cm³/mol. The Kier molecular flexibility index (Phi) is 2.40. The second-order valence-electron chi connectivity index (χ2n) is 4.14. The molecular weight excluding hydrogens is 176 g/mol. The van der Waals surface area contributed by atoms with Gasteiger partial charge in [-0.05, 0) is 25.2 Å². The number of rotatable bonds is 3. The van der Waals surface area contributed by atoms with E-state index in [-0.39, 0.29) is 5.56 Å². The van der Waals surface area contributed by atoms with Gasteiger partial charge in [-0.15, -0.1) is 0 Å². The first-order chi connectivity index (χ1) is 6.70. The minimum Gasteiger partial charge on any atom is -0.310 e. The molecule has 1 N–H and O–H groups in total. The molecule has 1 saturated carbocycles. The fraction of sp³-hybridized carbons (Fsp3) is 0.636. The normalized spacial score (nSPS) is 18.1. The molecule has 0 aromatic carbocycles. The van der Waals surface area contributed by atoms with Crippen molar-refractivity contribution in [2.75, 3.05) is 0 Å². The van der Waals surface area contributed by atoms with Crippen molar-refractivity contribution >= 4 is 0 Å². The van der Waals surface area contributed by atoms with Crippen LogP contribution in [0.1, 0.15) is 56.5 Å². The fourth-order valence-electron chi connectivity index (χ4n) is 1.51. The summed E-state index contributed by atoms with van der Waals surface area (Å²) in [5.41, 5.74) is 0.940. The van der Waals surface area contributed by atoms with Crippen molar-refractivity contribution in [1.29, 1.82) is 0 Å². The van der Waals surface area contributed by atoms with E-state index in [1.807, 2.05) is 0 Å². The predicted octanol–water partition coefficient (Wildman–Crippen LogP) is 2.16. The van der Waals surface area contributed by atoms with Crippen LogP contribution in [0.15, 0.2) is 10.9 Å². The van der Waals surface area contributed by atoms with Crippen LogP contribution in [-0.4, -0.2) is 9.97 Å². The van der Waals surface area contributed by atoms with Gasteiger partial charge in [-0.3, -0.25) is 4.79 Å². The lowest BCUT2D eigenvalue weighted by atomic mass is 10.1. The Bertz CT molecular complexity index is 379. The summed E-state index contributed by atoms with van der Waals surface area (Å²) in [6, 6.07) is 1.63. The Balaban J connectivity index is 2.35. The van der Waals surface area contributed by atoms with Gasteiger partial charge in [0.15, 0.2) is 0 Å². The molecule has 1 fully saturated rings. The smallest absolute Gasteiger partial charge is 0.251 e. The maximum absolute atomic E-state index is 11.4. The number of aromatic nitrogens is 2. The Morgan fingerprint density at radius 1 is 1.64 bits per heavy atom. The second kappa shape index (κ2) is 3.56. The Morgan fingerprint density at radius 2 is 2.36 bits per heavy atom. The SMILES string of the molecule is CCC(C)c1cc(=O)[nH]c(C2CC2)n1. The van der Waals surface area contributed by atoms with Crippen molar-refractivity contribution in [3.63, 3.8) is 0 Å². The Labute approximate surface area is 83.6 Å².